The number of fused-ring (bicyclic) bond motifs is 3. The van der Waals surface area contributed by atoms with Gasteiger partial charge in [-0.25, -0.2) is 0 Å². The average molecular weight is 702 g/mol. The van der Waals surface area contributed by atoms with Crippen molar-refractivity contribution in [1.82, 2.24) is 4.57 Å². The van der Waals surface area contributed by atoms with Gasteiger partial charge in [0.1, 0.15) is 0 Å². The molecule has 2 aliphatic rings. The van der Waals surface area contributed by atoms with E-state index in [1.807, 2.05) is 0 Å². The highest BCUT2D eigenvalue weighted by molar-refractivity contribution is 6.70. The van der Waals surface area contributed by atoms with Gasteiger partial charge in [-0.05, 0) is 112 Å². The summed E-state index contributed by atoms with van der Waals surface area (Å²) in [6.45, 7) is 0. The van der Waals surface area contributed by atoms with Crippen LogP contribution in [0.25, 0.3) is 60.8 Å². The number of benzene rings is 7. The predicted octanol–water partition coefficient (Wildman–Crippen LogP) is 13.6. The molecule has 0 saturated carbocycles. The summed E-state index contributed by atoms with van der Waals surface area (Å²) in [5.41, 5.74) is 17.0. The first-order chi connectivity index (χ1) is 27.3. The number of para-hydroxylation sites is 2. The number of aromatic nitrogens is 1. The van der Waals surface area contributed by atoms with Crippen LogP contribution in [0.15, 0.2) is 212 Å². The molecule has 1 aliphatic carbocycles. The van der Waals surface area contributed by atoms with Crippen LogP contribution < -0.4 is 4.90 Å². The lowest BCUT2D eigenvalue weighted by Gasteiger charge is -2.28. The molecular formula is C52H38BN2. The second kappa shape index (κ2) is 14.2. The van der Waals surface area contributed by atoms with Gasteiger partial charge in [0.25, 0.3) is 0 Å². The van der Waals surface area contributed by atoms with Crippen molar-refractivity contribution in [2.45, 2.75) is 12.8 Å². The Morgan fingerprint density at radius 2 is 1.04 bits per heavy atom. The Labute approximate surface area is 323 Å². The standard InChI is InChI=1S/C52H38BN2/c1-4-12-37(13-5-1)39-24-29-45(30-25-39)54(52-35-33-49(53-52)42-14-6-2-7-15-42)46-31-26-40(27-32-46)38-20-22-41(23-21-38)43-28-34-51-48(36-43)47-18-10-11-19-50(47)55(51)44-16-8-3-9-17-44/h1-4,6-12,14-36H,5,13H2. The van der Waals surface area contributed by atoms with Crippen LogP contribution in [-0.2, 0) is 0 Å². The molecule has 2 heterocycles. The molecule has 7 aromatic carbocycles. The van der Waals surface area contributed by atoms with E-state index >= 15 is 0 Å². The highest BCUT2D eigenvalue weighted by Gasteiger charge is 2.21. The van der Waals surface area contributed by atoms with E-state index in [4.69, 9.17) is 0 Å². The quantitative estimate of drug-likeness (QED) is 0.143. The Balaban J connectivity index is 0.941. The zero-order valence-electron chi connectivity index (χ0n) is 30.5. The van der Waals surface area contributed by atoms with Crippen molar-refractivity contribution >= 4 is 51.5 Å². The third-order valence-electron chi connectivity index (χ3n) is 11.0. The van der Waals surface area contributed by atoms with Crippen LogP contribution >= 0.6 is 0 Å². The first-order valence-electron chi connectivity index (χ1n) is 19.1. The van der Waals surface area contributed by atoms with Gasteiger partial charge in [0, 0.05) is 27.8 Å². The molecule has 1 aromatic heterocycles. The Kier molecular flexibility index (Phi) is 8.46. The summed E-state index contributed by atoms with van der Waals surface area (Å²) in [6, 6.07) is 63.9. The van der Waals surface area contributed by atoms with Gasteiger partial charge in [-0.15, -0.1) is 0 Å². The summed E-state index contributed by atoms with van der Waals surface area (Å²) < 4.78 is 2.37. The molecular weight excluding hydrogens is 663 g/mol. The summed E-state index contributed by atoms with van der Waals surface area (Å²) in [5, 5.41) is 2.53. The zero-order valence-corrected chi connectivity index (χ0v) is 30.5. The summed E-state index contributed by atoms with van der Waals surface area (Å²) in [4.78, 5) is 2.36. The number of anilines is 2. The van der Waals surface area contributed by atoms with Crippen molar-refractivity contribution in [3.8, 4) is 27.9 Å². The number of nitrogens with zero attached hydrogens (tertiary/aromatic N) is 2. The van der Waals surface area contributed by atoms with Gasteiger partial charge in [-0.1, -0.05) is 157 Å². The van der Waals surface area contributed by atoms with Crippen LogP contribution in [0.4, 0.5) is 11.4 Å². The minimum Gasteiger partial charge on any atom is -0.323 e. The van der Waals surface area contributed by atoms with E-state index in [0.717, 1.165) is 29.8 Å². The normalized spacial score (nSPS) is 13.7. The summed E-state index contributed by atoms with van der Waals surface area (Å²) in [7, 11) is 2.29. The Bertz CT molecular complexity index is 2790. The zero-order chi connectivity index (χ0) is 36.6. The van der Waals surface area contributed by atoms with E-state index in [9.17, 15) is 0 Å². The molecule has 1 aliphatic heterocycles. The lowest BCUT2D eigenvalue weighted by molar-refractivity contribution is 1.05. The Hall–Kier alpha value is -6.84. The molecule has 1 radical (unpaired) electrons. The van der Waals surface area contributed by atoms with E-state index in [1.54, 1.807) is 0 Å². The number of rotatable bonds is 8. The molecule has 0 bridgehead atoms. The topological polar surface area (TPSA) is 8.17 Å². The molecule has 259 valence electrons. The van der Waals surface area contributed by atoms with Crippen LogP contribution in [-0.4, -0.2) is 11.8 Å². The van der Waals surface area contributed by atoms with Gasteiger partial charge in [0.15, 0.2) is 0 Å². The van der Waals surface area contributed by atoms with Crippen LogP contribution in [0.3, 0.4) is 0 Å². The van der Waals surface area contributed by atoms with E-state index in [0.29, 0.717) is 0 Å². The molecule has 55 heavy (non-hydrogen) atoms. The maximum absolute atomic E-state index is 2.37. The highest BCUT2D eigenvalue weighted by atomic mass is 15.1. The van der Waals surface area contributed by atoms with Crippen LogP contribution in [0, 0.1) is 0 Å². The molecule has 0 fully saturated rings. The fourth-order valence-corrected chi connectivity index (χ4v) is 8.16. The average Bonchev–Trinajstić information content (AvgIpc) is 3.89. The molecule has 10 rings (SSSR count). The summed E-state index contributed by atoms with van der Waals surface area (Å²) in [6.07, 6.45) is 13.3. The lowest BCUT2D eigenvalue weighted by Crippen LogP contribution is -2.20. The molecule has 0 spiro atoms. The largest absolute Gasteiger partial charge is 0.323 e. The molecule has 0 amide bonds. The number of hydrogen-bond acceptors (Lipinski definition) is 1. The fourth-order valence-electron chi connectivity index (χ4n) is 8.16. The Morgan fingerprint density at radius 1 is 0.455 bits per heavy atom. The molecule has 0 N–H and O–H groups in total. The van der Waals surface area contributed by atoms with Crippen molar-refractivity contribution in [2.24, 2.45) is 0 Å². The van der Waals surface area contributed by atoms with Crippen LogP contribution in [0.2, 0.25) is 0 Å². The highest BCUT2D eigenvalue weighted by Crippen LogP contribution is 2.38. The van der Waals surface area contributed by atoms with Crippen molar-refractivity contribution < 1.29 is 0 Å². The van der Waals surface area contributed by atoms with Gasteiger partial charge in [-0.3, -0.25) is 0 Å². The van der Waals surface area contributed by atoms with E-state index in [-0.39, 0.29) is 0 Å². The first-order valence-corrected chi connectivity index (χ1v) is 19.1. The van der Waals surface area contributed by atoms with Crippen LogP contribution in [0.1, 0.15) is 24.0 Å². The second-order valence-corrected chi connectivity index (χ2v) is 14.3. The summed E-state index contributed by atoms with van der Waals surface area (Å²) in [5.74, 6) is 0. The maximum Gasteiger partial charge on any atom is 0.215 e. The van der Waals surface area contributed by atoms with Crippen molar-refractivity contribution in [3.05, 3.63) is 223 Å². The molecule has 0 unspecified atom stereocenters. The van der Waals surface area contributed by atoms with Gasteiger partial charge in [0.05, 0.1) is 11.0 Å². The molecule has 0 saturated heterocycles. The summed E-state index contributed by atoms with van der Waals surface area (Å²) >= 11 is 0. The van der Waals surface area contributed by atoms with Gasteiger partial charge < -0.3 is 9.47 Å². The van der Waals surface area contributed by atoms with E-state index in [1.165, 1.54) is 71.9 Å². The van der Waals surface area contributed by atoms with E-state index < -0.39 is 0 Å². The first kappa shape index (κ1) is 32.8. The SMILES string of the molecule is [B]1C(c2ccccc2)=CC=C1N(c1ccc(C2=CC=CCC2)cc1)c1ccc(-c2ccc(-c3ccc4c(c3)c3ccccc3n4-c3ccccc3)cc2)cc1. The van der Waals surface area contributed by atoms with Gasteiger partial charge in [0.2, 0.25) is 7.28 Å². The van der Waals surface area contributed by atoms with Crippen molar-refractivity contribution in [1.29, 1.82) is 0 Å². The van der Waals surface area contributed by atoms with E-state index in [2.05, 4.69) is 223 Å². The minimum atomic E-state index is 1.08. The van der Waals surface area contributed by atoms with Gasteiger partial charge in [-0.2, -0.15) is 0 Å². The third kappa shape index (κ3) is 6.24. The van der Waals surface area contributed by atoms with Crippen LogP contribution in [0.5, 0.6) is 0 Å². The van der Waals surface area contributed by atoms with Crippen molar-refractivity contribution in [3.63, 3.8) is 0 Å². The molecule has 3 heteroatoms. The van der Waals surface area contributed by atoms with Crippen molar-refractivity contribution in [2.75, 3.05) is 4.90 Å². The smallest absolute Gasteiger partial charge is 0.215 e. The van der Waals surface area contributed by atoms with Gasteiger partial charge >= 0.3 is 0 Å². The minimum absolute atomic E-state index is 1.08. The molecule has 8 aromatic rings. The Morgan fingerprint density at radius 3 is 1.73 bits per heavy atom. The fraction of sp³-hybridized carbons (Fsp3) is 0.0385. The number of hydrogen-bond donors (Lipinski definition) is 0. The number of allylic oxidation sites excluding steroid dienone is 6. The lowest BCUT2D eigenvalue weighted by atomic mass is 9.66. The predicted molar refractivity (Wildman–Crippen MR) is 235 cm³/mol. The molecule has 2 nitrogen and oxygen atoms in total. The maximum atomic E-state index is 2.37. The second-order valence-electron chi connectivity index (χ2n) is 14.3. The monoisotopic (exact) mass is 701 g/mol. The molecule has 0 atom stereocenters. The third-order valence-corrected chi connectivity index (χ3v) is 11.0.